The van der Waals surface area contributed by atoms with Gasteiger partial charge in [-0.1, -0.05) is 0 Å². The normalized spacial score (nSPS) is 23.7. The van der Waals surface area contributed by atoms with Crippen LogP contribution in [0.4, 0.5) is 13.6 Å². The van der Waals surface area contributed by atoms with Crippen molar-refractivity contribution >= 4 is 6.09 Å². The summed E-state index contributed by atoms with van der Waals surface area (Å²) in [5.41, 5.74) is -0.404. The van der Waals surface area contributed by atoms with E-state index in [-0.39, 0.29) is 18.9 Å². The first-order chi connectivity index (χ1) is 9.02. The van der Waals surface area contributed by atoms with Gasteiger partial charge in [0.2, 0.25) is 0 Å². The van der Waals surface area contributed by atoms with E-state index in [0.29, 0.717) is 12.2 Å². The third-order valence-corrected chi connectivity index (χ3v) is 3.29. The van der Waals surface area contributed by atoms with Gasteiger partial charge in [-0.3, -0.25) is 9.69 Å². The zero-order chi connectivity index (χ0) is 14.0. The standard InChI is InChI=1S/C11H14F2N2O4/c1-18-11(17)15-3-2-6(4-7(15)10(12)13)8-5-9(16)14-19-8/h5-7,10H,2-4H2,1H3,(H,14,16)/t6-,7-/m0/s1. The van der Waals surface area contributed by atoms with Crippen molar-refractivity contribution in [3.63, 3.8) is 0 Å². The lowest BCUT2D eigenvalue weighted by Gasteiger charge is -2.37. The summed E-state index contributed by atoms with van der Waals surface area (Å²) in [6.45, 7) is 0.140. The molecule has 2 atom stereocenters. The average Bonchev–Trinajstić information content (AvgIpc) is 2.83. The molecular weight excluding hydrogens is 262 g/mol. The first kappa shape index (κ1) is 13.6. The molecular formula is C11H14F2N2O4. The fourth-order valence-corrected chi connectivity index (χ4v) is 2.34. The van der Waals surface area contributed by atoms with Crippen LogP contribution in [-0.2, 0) is 4.74 Å². The van der Waals surface area contributed by atoms with Crippen LogP contribution in [0.15, 0.2) is 15.4 Å². The number of H-pyrrole nitrogens is 1. The molecule has 0 radical (unpaired) electrons. The molecule has 1 aromatic heterocycles. The van der Waals surface area contributed by atoms with Crippen molar-refractivity contribution in [3.8, 4) is 0 Å². The average molecular weight is 276 g/mol. The second-order valence-electron chi connectivity index (χ2n) is 4.40. The Hall–Kier alpha value is -1.86. The predicted octanol–water partition coefficient (Wildman–Crippen LogP) is 1.55. The largest absolute Gasteiger partial charge is 0.453 e. The molecule has 106 valence electrons. The number of likely N-dealkylation sites (tertiary alicyclic amines) is 1. The zero-order valence-electron chi connectivity index (χ0n) is 10.3. The number of hydrogen-bond donors (Lipinski definition) is 1. The lowest BCUT2D eigenvalue weighted by Crippen LogP contribution is -2.49. The van der Waals surface area contributed by atoms with Crippen molar-refractivity contribution in [3.05, 3.63) is 22.2 Å². The van der Waals surface area contributed by atoms with Gasteiger partial charge in [-0.2, -0.15) is 5.16 Å². The maximum atomic E-state index is 13.0. The van der Waals surface area contributed by atoms with E-state index < -0.39 is 24.1 Å². The molecule has 19 heavy (non-hydrogen) atoms. The topological polar surface area (TPSA) is 75.5 Å². The second-order valence-corrected chi connectivity index (χ2v) is 4.40. The number of halogens is 2. The van der Waals surface area contributed by atoms with Gasteiger partial charge in [0, 0.05) is 18.5 Å². The number of nitrogens with one attached hydrogen (secondary N) is 1. The van der Waals surface area contributed by atoms with Crippen LogP contribution in [0.5, 0.6) is 0 Å². The van der Waals surface area contributed by atoms with Crippen LogP contribution in [-0.4, -0.2) is 42.3 Å². The van der Waals surface area contributed by atoms with Crippen LogP contribution in [0.1, 0.15) is 24.5 Å². The molecule has 8 heteroatoms. The number of ether oxygens (including phenoxy) is 1. The maximum absolute atomic E-state index is 13.0. The minimum atomic E-state index is -2.67. The molecule has 1 saturated heterocycles. The van der Waals surface area contributed by atoms with Gasteiger partial charge < -0.3 is 9.26 Å². The zero-order valence-corrected chi connectivity index (χ0v) is 10.3. The lowest BCUT2D eigenvalue weighted by molar-refractivity contribution is -0.00145. The highest BCUT2D eigenvalue weighted by molar-refractivity contribution is 5.68. The van der Waals surface area contributed by atoms with E-state index >= 15 is 0 Å². The van der Waals surface area contributed by atoms with Gasteiger partial charge in [-0.05, 0) is 12.8 Å². The van der Waals surface area contributed by atoms with E-state index in [0.717, 1.165) is 12.0 Å². The first-order valence-corrected chi connectivity index (χ1v) is 5.84. The molecule has 1 amide bonds. The van der Waals surface area contributed by atoms with Crippen molar-refractivity contribution in [2.24, 2.45) is 0 Å². The summed E-state index contributed by atoms with van der Waals surface area (Å²) >= 11 is 0. The number of carbonyl (C=O) groups excluding carboxylic acids is 1. The number of methoxy groups -OCH3 is 1. The molecule has 0 spiro atoms. The molecule has 6 nitrogen and oxygen atoms in total. The Bertz CT molecular complexity index is 499. The summed E-state index contributed by atoms with van der Waals surface area (Å²) in [6, 6.07) is 0.0208. The number of aromatic nitrogens is 1. The minimum absolute atomic E-state index is 0.0353. The third kappa shape index (κ3) is 2.77. The Kier molecular flexibility index (Phi) is 3.87. The summed E-state index contributed by atoms with van der Waals surface area (Å²) in [6.07, 6.45) is -2.96. The van der Waals surface area contributed by atoms with Gasteiger partial charge in [-0.25, -0.2) is 13.6 Å². The molecule has 2 heterocycles. The number of hydrogen-bond acceptors (Lipinski definition) is 4. The highest BCUT2D eigenvalue weighted by atomic mass is 19.3. The van der Waals surface area contributed by atoms with Crippen molar-refractivity contribution in [2.45, 2.75) is 31.2 Å². The van der Waals surface area contributed by atoms with Gasteiger partial charge in [0.15, 0.2) is 0 Å². The Morgan fingerprint density at radius 3 is 2.89 bits per heavy atom. The number of carbonyl (C=O) groups is 1. The Labute approximate surface area is 107 Å². The van der Waals surface area contributed by atoms with E-state index in [2.05, 4.69) is 9.89 Å². The van der Waals surface area contributed by atoms with E-state index in [1.165, 1.54) is 6.07 Å². The van der Waals surface area contributed by atoms with Crippen LogP contribution in [0, 0.1) is 0 Å². The molecule has 2 rings (SSSR count). The molecule has 0 saturated carbocycles. The van der Waals surface area contributed by atoms with Gasteiger partial charge >= 0.3 is 6.09 Å². The monoisotopic (exact) mass is 276 g/mol. The molecule has 1 aliphatic heterocycles. The highest BCUT2D eigenvalue weighted by Gasteiger charge is 2.39. The summed E-state index contributed by atoms with van der Waals surface area (Å²) < 4.78 is 35.4. The van der Waals surface area contributed by atoms with E-state index in [1.54, 1.807) is 0 Å². The molecule has 1 aromatic rings. The van der Waals surface area contributed by atoms with Gasteiger partial charge in [0.25, 0.3) is 12.0 Å². The molecule has 0 aliphatic carbocycles. The molecule has 0 aromatic carbocycles. The number of rotatable bonds is 2. The third-order valence-electron chi connectivity index (χ3n) is 3.29. The summed E-state index contributed by atoms with van der Waals surface area (Å²) in [5, 5.41) is 2.13. The Morgan fingerprint density at radius 2 is 2.37 bits per heavy atom. The van der Waals surface area contributed by atoms with Gasteiger partial charge in [0.1, 0.15) is 5.76 Å². The van der Waals surface area contributed by atoms with Crippen LogP contribution in [0.2, 0.25) is 0 Å². The SMILES string of the molecule is COC(=O)N1CC[C@H](c2cc(=O)[nH]o2)C[C@H]1C(F)F. The fourth-order valence-electron chi connectivity index (χ4n) is 2.34. The van der Waals surface area contributed by atoms with Gasteiger partial charge in [-0.15, -0.1) is 0 Å². The number of amides is 1. The summed E-state index contributed by atoms with van der Waals surface area (Å²) in [4.78, 5) is 23.4. The van der Waals surface area contributed by atoms with Crippen LogP contribution in [0.3, 0.4) is 0 Å². The quantitative estimate of drug-likeness (QED) is 0.889. The molecule has 1 N–H and O–H groups in total. The van der Waals surface area contributed by atoms with Crippen LogP contribution >= 0.6 is 0 Å². The first-order valence-electron chi connectivity index (χ1n) is 5.84. The number of piperidine rings is 1. The van der Waals surface area contributed by atoms with E-state index in [9.17, 15) is 18.4 Å². The number of aromatic amines is 1. The molecule has 1 fully saturated rings. The Morgan fingerprint density at radius 1 is 1.63 bits per heavy atom. The smallest absolute Gasteiger partial charge is 0.409 e. The molecule has 0 bridgehead atoms. The van der Waals surface area contributed by atoms with Crippen molar-refractivity contribution in [1.82, 2.24) is 10.1 Å². The van der Waals surface area contributed by atoms with Crippen LogP contribution in [0.25, 0.3) is 0 Å². The van der Waals surface area contributed by atoms with Crippen LogP contribution < -0.4 is 5.56 Å². The van der Waals surface area contributed by atoms with Crippen molar-refractivity contribution < 1.29 is 22.8 Å². The van der Waals surface area contributed by atoms with E-state index in [4.69, 9.17) is 4.52 Å². The minimum Gasteiger partial charge on any atom is -0.453 e. The van der Waals surface area contributed by atoms with Gasteiger partial charge in [0.05, 0.1) is 13.2 Å². The molecule has 0 unspecified atom stereocenters. The highest BCUT2D eigenvalue weighted by Crippen LogP contribution is 2.33. The second kappa shape index (κ2) is 5.41. The molecule has 1 aliphatic rings. The van der Waals surface area contributed by atoms with Crippen molar-refractivity contribution in [2.75, 3.05) is 13.7 Å². The Balaban J connectivity index is 2.14. The van der Waals surface area contributed by atoms with E-state index in [1.807, 2.05) is 0 Å². The summed E-state index contributed by atoms with van der Waals surface area (Å²) in [5.74, 6) is 0.0408. The summed E-state index contributed by atoms with van der Waals surface area (Å²) in [7, 11) is 1.15. The maximum Gasteiger partial charge on any atom is 0.409 e. The predicted molar refractivity (Wildman–Crippen MR) is 60.2 cm³/mol. The number of alkyl halides is 2. The van der Waals surface area contributed by atoms with Crippen molar-refractivity contribution in [1.29, 1.82) is 0 Å². The number of nitrogens with zero attached hydrogens (tertiary/aromatic N) is 1. The lowest BCUT2D eigenvalue weighted by atomic mass is 9.89. The fraction of sp³-hybridized carbons (Fsp3) is 0.636.